The summed E-state index contributed by atoms with van der Waals surface area (Å²) in [5, 5.41) is 2.55. The zero-order valence-electron chi connectivity index (χ0n) is 9.15. The van der Waals surface area contributed by atoms with Gasteiger partial charge in [0.2, 0.25) is 0 Å². The number of nitrogens with two attached hydrogens (primary N) is 1. The van der Waals surface area contributed by atoms with Crippen LogP contribution in [0.15, 0.2) is 40.9 Å². The van der Waals surface area contributed by atoms with Gasteiger partial charge in [0.05, 0.1) is 5.69 Å². The van der Waals surface area contributed by atoms with Crippen molar-refractivity contribution in [2.75, 3.05) is 11.1 Å². The fourth-order valence-corrected chi connectivity index (χ4v) is 1.70. The minimum Gasteiger partial charge on any atom is -0.384 e. The molecule has 2 rings (SSSR count). The van der Waals surface area contributed by atoms with Crippen molar-refractivity contribution in [1.82, 2.24) is 4.98 Å². The number of hydrogen-bond donors (Lipinski definition) is 2. The Bertz CT molecular complexity index is 604. The number of pyridine rings is 1. The van der Waals surface area contributed by atoms with Crippen LogP contribution in [0.5, 0.6) is 0 Å². The molecule has 18 heavy (non-hydrogen) atoms. The minimum absolute atomic E-state index is 0.172. The molecule has 1 aromatic heterocycles. The SMILES string of the molecule is Nc1cccc(C(=O)Nc2cc(F)ccc2Br)n1. The van der Waals surface area contributed by atoms with Crippen molar-refractivity contribution < 1.29 is 9.18 Å². The maximum absolute atomic E-state index is 13.1. The van der Waals surface area contributed by atoms with Gasteiger partial charge in [0, 0.05) is 4.47 Å². The molecule has 0 aliphatic carbocycles. The van der Waals surface area contributed by atoms with Gasteiger partial charge in [-0.25, -0.2) is 9.37 Å². The van der Waals surface area contributed by atoms with Crippen LogP contribution in [0.25, 0.3) is 0 Å². The number of nitrogens with zero attached hydrogens (tertiary/aromatic N) is 1. The fraction of sp³-hybridized carbons (Fsp3) is 0. The number of nitrogens with one attached hydrogen (secondary N) is 1. The molecule has 0 saturated carbocycles. The van der Waals surface area contributed by atoms with Gasteiger partial charge >= 0.3 is 0 Å². The molecule has 0 aliphatic rings. The fourth-order valence-electron chi connectivity index (χ4n) is 1.36. The van der Waals surface area contributed by atoms with Crippen LogP contribution in [0.4, 0.5) is 15.9 Å². The lowest BCUT2D eigenvalue weighted by Crippen LogP contribution is -2.14. The third-order valence-corrected chi connectivity index (χ3v) is 2.87. The first-order valence-electron chi connectivity index (χ1n) is 5.05. The van der Waals surface area contributed by atoms with Crippen molar-refractivity contribution in [3.63, 3.8) is 0 Å². The number of nitrogen functional groups attached to an aromatic ring is 1. The Kier molecular flexibility index (Phi) is 3.57. The molecule has 3 N–H and O–H groups in total. The van der Waals surface area contributed by atoms with E-state index >= 15 is 0 Å². The topological polar surface area (TPSA) is 68.0 Å². The van der Waals surface area contributed by atoms with Crippen molar-refractivity contribution in [2.45, 2.75) is 0 Å². The summed E-state index contributed by atoms with van der Waals surface area (Å²) >= 11 is 3.22. The zero-order valence-corrected chi connectivity index (χ0v) is 10.7. The maximum atomic E-state index is 13.1. The van der Waals surface area contributed by atoms with Gasteiger partial charge < -0.3 is 11.1 Å². The number of amides is 1. The van der Waals surface area contributed by atoms with E-state index in [9.17, 15) is 9.18 Å². The molecule has 0 spiro atoms. The maximum Gasteiger partial charge on any atom is 0.274 e. The van der Waals surface area contributed by atoms with E-state index in [0.717, 1.165) is 0 Å². The van der Waals surface area contributed by atoms with Crippen LogP contribution in [0, 0.1) is 5.82 Å². The highest BCUT2D eigenvalue weighted by Crippen LogP contribution is 2.23. The number of anilines is 2. The summed E-state index contributed by atoms with van der Waals surface area (Å²) in [6.07, 6.45) is 0. The molecule has 1 aromatic carbocycles. The van der Waals surface area contributed by atoms with E-state index in [2.05, 4.69) is 26.2 Å². The zero-order chi connectivity index (χ0) is 13.1. The van der Waals surface area contributed by atoms with Crippen LogP contribution in [0.1, 0.15) is 10.5 Å². The third kappa shape index (κ3) is 2.84. The monoisotopic (exact) mass is 309 g/mol. The number of aromatic nitrogens is 1. The average Bonchev–Trinajstić information content (AvgIpc) is 2.34. The summed E-state index contributed by atoms with van der Waals surface area (Å²) in [5.41, 5.74) is 5.99. The lowest BCUT2D eigenvalue weighted by molar-refractivity contribution is 0.102. The van der Waals surface area contributed by atoms with Gasteiger partial charge in [-0.15, -0.1) is 0 Å². The second kappa shape index (κ2) is 5.14. The van der Waals surface area contributed by atoms with Crippen LogP contribution in [0.2, 0.25) is 0 Å². The van der Waals surface area contributed by atoms with E-state index < -0.39 is 11.7 Å². The van der Waals surface area contributed by atoms with Gasteiger partial charge in [0.1, 0.15) is 17.3 Å². The molecule has 92 valence electrons. The van der Waals surface area contributed by atoms with Gasteiger partial charge in [0.25, 0.3) is 5.91 Å². The van der Waals surface area contributed by atoms with Crippen LogP contribution < -0.4 is 11.1 Å². The quantitative estimate of drug-likeness (QED) is 0.896. The minimum atomic E-state index is -0.450. The van der Waals surface area contributed by atoms with E-state index in [1.54, 1.807) is 12.1 Å². The van der Waals surface area contributed by atoms with Crippen LogP contribution in [-0.4, -0.2) is 10.9 Å². The van der Waals surface area contributed by atoms with E-state index in [-0.39, 0.29) is 11.5 Å². The normalized spacial score (nSPS) is 10.1. The second-order valence-electron chi connectivity index (χ2n) is 3.53. The van der Waals surface area contributed by atoms with Crippen LogP contribution >= 0.6 is 15.9 Å². The molecule has 0 unspecified atom stereocenters. The van der Waals surface area contributed by atoms with E-state index in [1.165, 1.54) is 24.3 Å². The second-order valence-corrected chi connectivity index (χ2v) is 4.38. The standard InChI is InChI=1S/C12H9BrFN3O/c13-8-5-4-7(14)6-10(8)17-12(18)9-2-1-3-11(15)16-9/h1-6H,(H2,15,16)(H,17,18). The Labute approximate surface area is 111 Å². The molecule has 1 amide bonds. The predicted molar refractivity (Wildman–Crippen MR) is 70.7 cm³/mol. The third-order valence-electron chi connectivity index (χ3n) is 2.18. The predicted octanol–water partition coefficient (Wildman–Crippen LogP) is 2.82. The Morgan fingerprint density at radius 3 is 2.83 bits per heavy atom. The van der Waals surface area contributed by atoms with Crippen molar-refractivity contribution in [1.29, 1.82) is 0 Å². The van der Waals surface area contributed by atoms with E-state index in [0.29, 0.717) is 10.2 Å². The molecule has 0 atom stereocenters. The largest absolute Gasteiger partial charge is 0.384 e. The Morgan fingerprint density at radius 1 is 1.33 bits per heavy atom. The smallest absolute Gasteiger partial charge is 0.274 e. The highest BCUT2D eigenvalue weighted by molar-refractivity contribution is 9.10. The summed E-state index contributed by atoms with van der Waals surface area (Å²) in [6, 6.07) is 8.75. The van der Waals surface area contributed by atoms with Gasteiger partial charge in [-0.1, -0.05) is 6.07 Å². The number of carbonyl (C=O) groups excluding carboxylic acids is 1. The molecule has 4 nitrogen and oxygen atoms in total. The highest BCUT2D eigenvalue weighted by atomic mass is 79.9. The summed E-state index contributed by atoms with van der Waals surface area (Å²) in [4.78, 5) is 15.7. The molecule has 0 bridgehead atoms. The summed E-state index contributed by atoms with van der Waals surface area (Å²) in [6.45, 7) is 0. The Balaban J connectivity index is 2.24. The molecule has 2 aromatic rings. The molecular formula is C12H9BrFN3O. The van der Waals surface area contributed by atoms with Crippen LogP contribution in [-0.2, 0) is 0 Å². The van der Waals surface area contributed by atoms with Gasteiger partial charge in [-0.3, -0.25) is 4.79 Å². The molecule has 1 heterocycles. The summed E-state index contributed by atoms with van der Waals surface area (Å²) in [7, 11) is 0. The number of halogens is 2. The number of carbonyl (C=O) groups is 1. The molecule has 0 radical (unpaired) electrons. The van der Waals surface area contributed by atoms with Crippen molar-refractivity contribution in [3.05, 3.63) is 52.4 Å². The van der Waals surface area contributed by atoms with Crippen molar-refractivity contribution in [3.8, 4) is 0 Å². The van der Waals surface area contributed by atoms with E-state index in [4.69, 9.17) is 5.73 Å². The van der Waals surface area contributed by atoms with E-state index in [1.807, 2.05) is 0 Å². The lowest BCUT2D eigenvalue weighted by Gasteiger charge is -2.07. The summed E-state index contributed by atoms with van der Waals surface area (Å²) < 4.78 is 13.6. The molecule has 0 fully saturated rings. The lowest BCUT2D eigenvalue weighted by atomic mass is 10.3. The molecule has 0 aliphatic heterocycles. The van der Waals surface area contributed by atoms with Crippen LogP contribution in [0.3, 0.4) is 0 Å². The van der Waals surface area contributed by atoms with Crippen molar-refractivity contribution >= 4 is 33.3 Å². The van der Waals surface area contributed by atoms with Gasteiger partial charge in [-0.2, -0.15) is 0 Å². The first kappa shape index (κ1) is 12.5. The number of rotatable bonds is 2. The Morgan fingerprint density at radius 2 is 2.11 bits per heavy atom. The molecule has 6 heteroatoms. The molecule has 0 saturated heterocycles. The first-order chi connectivity index (χ1) is 8.56. The highest BCUT2D eigenvalue weighted by Gasteiger charge is 2.10. The number of benzene rings is 1. The Hall–Kier alpha value is -1.95. The van der Waals surface area contributed by atoms with Gasteiger partial charge in [0.15, 0.2) is 0 Å². The average molecular weight is 310 g/mol. The molecular weight excluding hydrogens is 301 g/mol. The van der Waals surface area contributed by atoms with Gasteiger partial charge in [-0.05, 0) is 46.3 Å². The summed E-state index contributed by atoms with van der Waals surface area (Å²) in [5.74, 6) is -0.636. The number of hydrogen-bond acceptors (Lipinski definition) is 3. The first-order valence-corrected chi connectivity index (χ1v) is 5.84. The van der Waals surface area contributed by atoms with Crippen molar-refractivity contribution in [2.24, 2.45) is 0 Å².